The second kappa shape index (κ2) is 4.50. The minimum Gasteiger partial charge on any atom is -0.481 e. The van der Waals surface area contributed by atoms with Crippen LogP contribution in [0.3, 0.4) is 0 Å². The van der Waals surface area contributed by atoms with Crippen LogP contribution in [-0.4, -0.2) is 22.0 Å². The Labute approximate surface area is 110 Å². The lowest BCUT2D eigenvalue weighted by molar-refractivity contribution is -0.146. The predicted molar refractivity (Wildman–Crippen MR) is 68.2 cm³/mol. The number of nitrogens with one attached hydrogen (secondary N) is 1. The molecule has 2 bridgehead atoms. The van der Waals surface area contributed by atoms with Crippen molar-refractivity contribution in [2.75, 3.05) is 5.32 Å². The Morgan fingerprint density at radius 1 is 1.26 bits per heavy atom. The standard InChI is InChI=1S/C14H14N2O3/c17-13(16-10-2-1-5-15-7-10)11-8-3-4-9(6-8)12(11)14(18)19/h1-5,7-9,11-12H,6H2,(H,16,17)(H,18,19)/t8-,9+,11+,12-/m1/s1. The van der Waals surface area contributed by atoms with Crippen LogP contribution in [0.1, 0.15) is 6.42 Å². The Morgan fingerprint density at radius 2 is 2.00 bits per heavy atom. The fourth-order valence-electron chi connectivity index (χ4n) is 3.18. The lowest BCUT2D eigenvalue weighted by Crippen LogP contribution is -2.36. The van der Waals surface area contributed by atoms with E-state index in [0.717, 1.165) is 6.42 Å². The van der Waals surface area contributed by atoms with Crippen LogP contribution < -0.4 is 5.32 Å². The molecule has 98 valence electrons. The van der Waals surface area contributed by atoms with Gasteiger partial charge < -0.3 is 10.4 Å². The SMILES string of the molecule is O=C(Nc1cccnc1)[C@@H]1[C@H](C(=O)O)[C@H]2C=C[C@@H]1C2. The van der Waals surface area contributed by atoms with E-state index in [1.807, 2.05) is 12.2 Å². The average molecular weight is 258 g/mol. The van der Waals surface area contributed by atoms with E-state index < -0.39 is 17.8 Å². The quantitative estimate of drug-likeness (QED) is 0.806. The molecule has 0 unspecified atom stereocenters. The lowest BCUT2D eigenvalue weighted by Gasteiger charge is -2.23. The first-order valence-corrected chi connectivity index (χ1v) is 6.29. The number of carbonyl (C=O) groups is 2. The molecule has 1 saturated carbocycles. The maximum absolute atomic E-state index is 12.3. The zero-order valence-corrected chi connectivity index (χ0v) is 10.2. The number of nitrogens with zero attached hydrogens (tertiary/aromatic N) is 1. The van der Waals surface area contributed by atoms with Crippen molar-refractivity contribution in [3.05, 3.63) is 36.7 Å². The van der Waals surface area contributed by atoms with Gasteiger partial charge in [-0.2, -0.15) is 0 Å². The van der Waals surface area contributed by atoms with Crippen LogP contribution in [0.25, 0.3) is 0 Å². The number of carboxylic acid groups (broad SMARTS) is 1. The molecule has 1 amide bonds. The smallest absolute Gasteiger partial charge is 0.307 e. The minimum atomic E-state index is -0.886. The first-order valence-electron chi connectivity index (χ1n) is 6.29. The van der Waals surface area contributed by atoms with Crippen molar-refractivity contribution in [1.29, 1.82) is 0 Å². The van der Waals surface area contributed by atoms with E-state index in [1.165, 1.54) is 0 Å². The molecule has 0 spiro atoms. The van der Waals surface area contributed by atoms with Crippen LogP contribution in [0.15, 0.2) is 36.7 Å². The van der Waals surface area contributed by atoms with Crippen molar-refractivity contribution in [3.63, 3.8) is 0 Å². The van der Waals surface area contributed by atoms with Gasteiger partial charge in [0.1, 0.15) is 0 Å². The van der Waals surface area contributed by atoms with Crippen molar-refractivity contribution in [1.82, 2.24) is 4.98 Å². The van der Waals surface area contributed by atoms with Crippen LogP contribution in [0.4, 0.5) is 5.69 Å². The summed E-state index contributed by atoms with van der Waals surface area (Å²) < 4.78 is 0. The summed E-state index contributed by atoms with van der Waals surface area (Å²) in [7, 11) is 0. The van der Waals surface area contributed by atoms with E-state index in [9.17, 15) is 14.7 Å². The van der Waals surface area contributed by atoms with Gasteiger partial charge in [0.15, 0.2) is 0 Å². The number of carbonyl (C=O) groups excluding carboxylic acids is 1. The molecule has 0 saturated heterocycles. The van der Waals surface area contributed by atoms with E-state index in [2.05, 4.69) is 10.3 Å². The van der Waals surface area contributed by atoms with E-state index in [1.54, 1.807) is 24.5 Å². The molecule has 1 fully saturated rings. The van der Waals surface area contributed by atoms with Gasteiger partial charge in [0.2, 0.25) is 5.91 Å². The van der Waals surface area contributed by atoms with Crippen molar-refractivity contribution in [2.24, 2.45) is 23.7 Å². The summed E-state index contributed by atoms with van der Waals surface area (Å²) in [6.45, 7) is 0. The molecule has 5 heteroatoms. The van der Waals surface area contributed by atoms with Crippen molar-refractivity contribution < 1.29 is 14.7 Å². The van der Waals surface area contributed by atoms with Gasteiger partial charge in [0, 0.05) is 6.20 Å². The molecule has 0 aliphatic heterocycles. The molecule has 2 aliphatic rings. The Balaban J connectivity index is 1.79. The molecule has 1 aromatic rings. The topological polar surface area (TPSA) is 79.3 Å². The molecule has 19 heavy (non-hydrogen) atoms. The zero-order valence-electron chi connectivity index (χ0n) is 10.2. The monoisotopic (exact) mass is 258 g/mol. The summed E-state index contributed by atoms with van der Waals surface area (Å²) in [6, 6.07) is 3.47. The number of fused-ring (bicyclic) bond motifs is 2. The Kier molecular flexibility index (Phi) is 2.81. The zero-order chi connectivity index (χ0) is 13.4. The molecule has 3 rings (SSSR count). The number of aliphatic carboxylic acids is 1. The number of pyridine rings is 1. The van der Waals surface area contributed by atoms with E-state index >= 15 is 0 Å². The van der Waals surface area contributed by atoms with Crippen molar-refractivity contribution in [2.45, 2.75) is 6.42 Å². The summed E-state index contributed by atoms with van der Waals surface area (Å²) in [6.07, 6.45) is 7.84. The van der Waals surface area contributed by atoms with Crippen molar-refractivity contribution in [3.8, 4) is 0 Å². The summed E-state index contributed by atoms with van der Waals surface area (Å²) >= 11 is 0. The number of amides is 1. The van der Waals surface area contributed by atoms with Gasteiger partial charge in [0.05, 0.1) is 23.7 Å². The van der Waals surface area contributed by atoms with Crippen LogP contribution >= 0.6 is 0 Å². The van der Waals surface area contributed by atoms with Crippen LogP contribution in [0.5, 0.6) is 0 Å². The molecular formula is C14H14N2O3. The van der Waals surface area contributed by atoms with Crippen LogP contribution in [0.2, 0.25) is 0 Å². The summed E-state index contributed by atoms with van der Waals surface area (Å²) in [5.74, 6) is -2.16. The van der Waals surface area contributed by atoms with Crippen LogP contribution in [0, 0.1) is 23.7 Å². The Morgan fingerprint density at radius 3 is 2.63 bits per heavy atom. The molecule has 1 aromatic heterocycles. The average Bonchev–Trinajstić information content (AvgIpc) is 2.99. The lowest BCUT2D eigenvalue weighted by atomic mass is 9.82. The highest BCUT2D eigenvalue weighted by atomic mass is 16.4. The summed E-state index contributed by atoms with van der Waals surface area (Å²) in [5.41, 5.74) is 0.600. The molecule has 0 radical (unpaired) electrons. The first-order chi connectivity index (χ1) is 9.16. The fraction of sp³-hybridized carbons (Fsp3) is 0.357. The normalized spacial score (nSPS) is 31.4. The summed E-state index contributed by atoms with van der Waals surface area (Å²) in [4.78, 5) is 27.5. The maximum Gasteiger partial charge on any atom is 0.307 e. The number of hydrogen-bond donors (Lipinski definition) is 2. The van der Waals surface area contributed by atoms with Gasteiger partial charge in [-0.3, -0.25) is 14.6 Å². The van der Waals surface area contributed by atoms with E-state index in [4.69, 9.17) is 0 Å². The molecular weight excluding hydrogens is 244 g/mol. The molecule has 4 atom stereocenters. The highest BCUT2D eigenvalue weighted by molar-refractivity contribution is 5.96. The number of carboxylic acids is 1. The molecule has 5 nitrogen and oxygen atoms in total. The number of hydrogen-bond acceptors (Lipinski definition) is 3. The molecule has 2 aliphatic carbocycles. The highest BCUT2D eigenvalue weighted by Gasteiger charge is 2.51. The summed E-state index contributed by atoms with van der Waals surface area (Å²) in [5, 5.41) is 12.0. The third-order valence-corrected chi connectivity index (χ3v) is 3.98. The van der Waals surface area contributed by atoms with Gasteiger partial charge in [-0.05, 0) is 30.4 Å². The number of anilines is 1. The van der Waals surface area contributed by atoms with Gasteiger partial charge in [0.25, 0.3) is 0 Å². The molecule has 0 aromatic carbocycles. The number of aromatic nitrogens is 1. The van der Waals surface area contributed by atoms with Gasteiger partial charge in [-0.15, -0.1) is 0 Å². The minimum absolute atomic E-state index is 0.00727. The van der Waals surface area contributed by atoms with Crippen LogP contribution in [-0.2, 0) is 9.59 Å². The third-order valence-electron chi connectivity index (χ3n) is 3.98. The van der Waals surface area contributed by atoms with Gasteiger partial charge in [-0.25, -0.2) is 0 Å². The second-order valence-electron chi connectivity index (χ2n) is 5.07. The van der Waals surface area contributed by atoms with Gasteiger partial charge in [-0.1, -0.05) is 12.2 Å². The van der Waals surface area contributed by atoms with Gasteiger partial charge >= 0.3 is 5.97 Å². The number of allylic oxidation sites excluding steroid dienone is 2. The predicted octanol–water partition coefficient (Wildman–Crippen LogP) is 1.54. The highest BCUT2D eigenvalue weighted by Crippen LogP contribution is 2.48. The van der Waals surface area contributed by atoms with E-state index in [-0.39, 0.29) is 17.7 Å². The maximum atomic E-state index is 12.3. The second-order valence-corrected chi connectivity index (χ2v) is 5.07. The fourth-order valence-corrected chi connectivity index (χ4v) is 3.18. The first kappa shape index (κ1) is 11.9. The largest absolute Gasteiger partial charge is 0.481 e. The number of rotatable bonds is 3. The third kappa shape index (κ3) is 2.01. The molecule has 1 heterocycles. The Bertz CT molecular complexity index is 541. The Hall–Kier alpha value is -2.17. The van der Waals surface area contributed by atoms with E-state index in [0.29, 0.717) is 5.69 Å². The molecule has 2 N–H and O–H groups in total. The van der Waals surface area contributed by atoms with Crippen molar-refractivity contribution >= 4 is 17.6 Å².